The lowest BCUT2D eigenvalue weighted by atomic mass is 9.96. The van der Waals surface area contributed by atoms with Gasteiger partial charge in [-0.25, -0.2) is 4.98 Å². The highest BCUT2D eigenvalue weighted by Crippen LogP contribution is 2.35. The molecule has 2 aromatic carbocycles. The molecule has 2 N–H and O–H groups in total. The van der Waals surface area contributed by atoms with Crippen LogP contribution in [0.1, 0.15) is 47.6 Å². The van der Waals surface area contributed by atoms with Crippen LogP contribution in [0.2, 0.25) is 0 Å². The summed E-state index contributed by atoms with van der Waals surface area (Å²) in [5.74, 6) is -1.32. The molecule has 7 nitrogen and oxygen atoms in total. The van der Waals surface area contributed by atoms with Gasteiger partial charge in [0.15, 0.2) is 5.82 Å². The Morgan fingerprint density at radius 3 is 2.38 bits per heavy atom. The quantitative estimate of drug-likeness (QED) is 0.448. The van der Waals surface area contributed by atoms with Crippen LogP contribution in [0, 0.1) is 19.8 Å². The van der Waals surface area contributed by atoms with E-state index in [1.54, 1.807) is 20.0 Å². The van der Waals surface area contributed by atoms with Crippen LogP contribution in [0.15, 0.2) is 47.5 Å². The van der Waals surface area contributed by atoms with Gasteiger partial charge in [0.25, 0.3) is 5.56 Å². The second-order valence-corrected chi connectivity index (χ2v) is 9.82. The molecule has 0 radical (unpaired) electrons. The number of aliphatic carboxylic acids is 1. The molecule has 2 heterocycles. The van der Waals surface area contributed by atoms with E-state index >= 15 is 0 Å². The van der Waals surface area contributed by atoms with Gasteiger partial charge in [0.05, 0.1) is 11.5 Å². The van der Waals surface area contributed by atoms with E-state index in [4.69, 9.17) is 5.11 Å². The molecule has 0 atom stereocenters. The van der Waals surface area contributed by atoms with Crippen LogP contribution in [-0.4, -0.2) is 38.6 Å². The third kappa shape index (κ3) is 5.53. The number of carboxylic acid groups (broad SMARTS) is 1. The van der Waals surface area contributed by atoms with Crippen molar-refractivity contribution in [2.24, 2.45) is 5.92 Å². The van der Waals surface area contributed by atoms with Gasteiger partial charge in [-0.3, -0.25) is 19.1 Å². The van der Waals surface area contributed by atoms with Crippen molar-refractivity contribution in [3.05, 3.63) is 80.9 Å². The molecule has 1 fully saturated rings. The fraction of sp³-hybridized carbons (Fsp3) is 0.370. The third-order valence-corrected chi connectivity index (χ3v) is 6.74. The Hall–Kier alpha value is -3.66. The minimum Gasteiger partial charge on any atom is -0.481 e. The first kappa shape index (κ1) is 26.4. The number of aryl methyl sites for hydroxylation is 2. The number of aromatic nitrogens is 2. The summed E-state index contributed by atoms with van der Waals surface area (Å²) in [4.78, 5) is 30.6. The van der Waals surface area contributed by atoms with Gasteiger partial charge >= 0.3 is 12.1 Å². The van der Waals surface area contributed by atoms with Gasteiger partial charge in [0.1, 0.15) is 0 Å². The number of halogens is 3. The Morgan fingerprint density at radius 1 is 1.16 bits per heavy atom. The number of carboxylic acids is 1. The van der Waals surface area contributed by atoms with Crippen LogP contribution in [0.25, 0.3) is 5.69 Å². The molecule has 1 aliphatic rings. The first-order valence-electron chi connectivity index (χ1n) is 12.0. The summed E-state index contributed by atoms with van der Waals surface area (Å²) in [6, 6.07) is 7.18. The lowest BCUT2D eigenvalue weighted by Gasteiger charge is -2.37. The maximum atomic E-state index is 13.3. The average molecular weight is 515 g/mol. The first-order valence-corrected chi connectivity index (χ1v) is 12.0. The van der Waals surface area contributed by atoms with E-state index < -0.39 is 23.3 Å². The van der Waals surface area contributed by atoms with Crippen LogP contribution in [0.3, 0.4) is 0 Å². The lowest BCUT2D eigenvalue weighted by Crippen LogP contribution is -2.49. The van der Waals surface area contributed by atoms with Crippen LogP contribution in [0.5, 0.6) is 0 Å². The van der Waals surface area contributed by atoms with E-state index in [0.717, 1.165) is 28.8 Å². The molecule has 0 unspecified atom stereocenters. The number of benzene rings is 2. The van der Waals surface area contributed by atoms with E-state index in [9.17, 15) is 22.8 Å². The summed E-state index contributed by atoms with van der Waals surface area (Å²) in [6.07, 6.45) is -1.45. The zero-order chi connectivity index (χ0) is 27.1. The predicted molar refractivity (Wildman–Crippen MR) is 135 cm³/mol. The van der Waals surface area contributed by atoms with E-state index in [1.807, 2.05) is 26.0 Å². The Balaban J connectivity index is 1.62. The monoisotopic (exact) mass is 514 g/mol. The van der Waals surface area contributed by atoms with Gasteiger partial charge in [0, 0.05) is 43.4 Å². The minimum atomic E-state index is -4.46. The van der Waals surface area contributed by atoms with Crippen molar-refractivity contribution in [1.29, 1.82) is 0 Å². The summed E-state index contributed by atoms with van der Waals surface area (Å²) in [5, 5.41) is 12.0. The Kier molecular flexibility index (Phi) is 7.14. The largest absolute Gasteiger partial charge is 0.481 e. The number of hydrogen-bond acceptors (Lipinski definition) is 5. The van der Waals surface area contributed by atoms with Gasteiger partial charge in [0.2, 0.25) is 0 Å². The zero-order valence-corrected chi connectivity index (χ0v) is 21.1. The smallest absolute Gasteiger partial charge is 0.416 e. The molecule has 196 valence electrons. The van der Waals surface area contributed by atoms with Gasteiger partial charge in [-0.2, -0.15) is 13.2 Å². The summed E-state index contributed by atoms with van der Waals surface area (Å²) in [6.45, 7) is 9.12. The summed E-state index contributed by atoms with van der Waals surface area (Å²) in [5.41, 5.74) is 3.30. The molecule has 0 amide bonds. The van der Waals surface area contributed by atoms with E-state index in [0.29, 0.717) is 36.6 Å². The number of alkyl halides is 3. The van der Waals surface area contributed by atoms with Crippen LogP contribution < -0.4 is 10.9 Å². The minimum absolute atomic E-state index is 0.00355. The Labute approximate surface area is 212 Å². The highest BCUT2D eigenvalue weighted by atomic mass is 19.4. The van der Waals surface area contributed by atoms with E-state index in [-0.39, 0.29) is 17.7 Å². The number of nitrogens with zero attached hydrogens (tertiary/aromatic N) is 3. The van der Waals surface area contributed by atoms with Gasteiger partial charge in [-0.05, 0) is 72.4 Å². The predicted octanol–water partition coefficient (Wildman–Crippen LogP) is 5.25. The van der Waals surface area contributed by atoms with Crippen molar-refractivity contribution in [2.45, 2.75) is 46.3 Å². The molecular weight excluding hydrogens is 485 g/mol. The lowest BCUT2D eigenvalue weighted by molar-refractivity contribution is -0.147. The maximum absolute atomic E-state index is 13.3. The zero-order valence-electron chi connectivity index (χ0n) is 21.1. The second kappa shape index (κ2) is 10.0. The molecule has 10 heteroatoms. The number of carbonyl (C=O) groups is 1. The second-order valence-electron chi connectivity index (χ2n) is 9.82. The normalized spacial score (nSPS) is 14.6. The fourth-order valence-electron chi connectivity index (χ4n) is 4.60. The standard InChI is InChI=1S/C27H29F3N4O3/c1-15(2)21-11-19(27(28,29)30)5-6-23(21)32-24-25(35)34(8-7-31-24)20-9-16(3)22(17(4)10-20)14-33-12-18(13-33)26(36)37/h5-11,15,18H,12-14H2,1-4H3,(H,31,32)(H,36,37). The van der Waals surface area contributed by atoms with Crippen molar-refractivity contribution >= 4 is 17.5 Å². The first-order chi connectivity index (χ1) is 17.3. The van der Waals surface area contributed by atoms with E-state index in [2.05, 4.69) is 15.2 Å². The molecule has 37 heavy (non-hydrogen) atoms. The van der Waals surface area contributed by atoms with Crippen molar-refractivity contribution in [3.8, 4) is 5.69 Å². The molecule has 0 saturated carbocycles. The number of hydrogen-bond donors (Lipinski definition) is 2. The summed E-state index contributed by atoms with van der Waals surface area (Å²) >= 11 is 0. The number of anilines is 2. The average Bonchev–Trinajstić information content (AvgIpc) is 2.77. The number of likely N-dealkylation sites (tertiary alicyclic amines) is 1. The molecule has 3 aromatic rings. The highest BCUT2D eigenvalue weighted by Gasteiger charge is 2.33. The SMILES string of the molecule is Cc1cc(-n2ccnc(Nc3ccc(C(F)(F)F)cc3C(C)C)c2=O)cc(C)c1CN1CC(C(=O)O)C1. The molecule has 0 aliphatic carbocycles. The summed E-state index contributed by atoms with van der Waals surface area (Å²) in [7, 11) is 0. The Bertz CT molecular complexity index is 1370. The van der Waals surface area contributed by atoms with Gasteiger partial charge in [-0.1, -0.05) is 13.8 Å². The molecule has 1 aliphatic heterocycles. The summed E-state index contributed by atoms with van der Waals surface area (Å²) < 4.78 is 41.1. The molecular formula is C27H29F3N4O3. The van der Waals surface area contributed by atoms with Gasteiger partial charge in [-0.15, -0.1) is 0 Å². The van der Waals surface area contributed by atoms with Gasteiger partial charge < -0.3 is 10.4 Å². The topological polar surface area (TPSA) is 87.5 Å². The van der Waals surface area contributed by atoms with E-state index in [1.165, 1.54) is 16.8 Å². The third-order valence-electron chi connectivity index (χ3n) is 6.74. The molecule has 0 bridgehead atoms. The van der Waals surface area contributed by atoms with Crippen molar-refractivity contribution in [2.75, 3.05) is 18.4 Å². The van der Waals surface area contributed by atoms with Crippen molar-refractivity contribution < 1.29 is 23.1 Å². The fourth-order valence-corrected chi connectivity index (χ4v) is 4.60. The number of rotatable bonds is 7. The molecule has 1 saturated heterocycles. The molecule has 4 rings (SSSR count). The molecule has 0 spiro atoms. The maximum Gasteiger partial charge on any atom is 0.416 e. The van der Waals surface area contributed by atoms with Crippen molar-refractivity contribution in [3.63, 3.8) is 0 Å². The van der Waals surface area contributed by atoms with Crippen LogP contribution in [0.4, 0.5) is 24.7 Å². The van der Waals surface area contributed by atoms with Crippen LogP contribution >= 0.6 is 0 Å². The number of nitrogens with one attached hydrogen (secondary N) is 1. The van der Waals surface area contributed by atoms with Crippen molar-refractivity contribution in [1.82, 2.24) is 14.5 Å². The highest BCUT2D eigenvalue weighted by molar-refractivity contribution is 5.71. The molecule has 1 aromatic heterocycles. The Morgan fingerprint density at radius 2 is 1.81 bits per heavy atom. The van der Waals surface area contributed by atoms with Crippen LogP contribution in [-0.2, 0) is 17.5 Å².